The maximum absolute atomic E-state index is 10.7. The normalized spacial score (nSPS) is 14.6. The van der Waals surface area contributed by atoms with Gasteiger partial charge in [0, 0.05) is 0 Å². The Kier molecular flexibility index (Phi) is 3.28. The second kappa shape index (κ2) is 4.29. The molecule has 15 heavy (non-hydrogen) atoms. The summed E-state index contributed by atoms with van der Waals surface area (Å²) in [5, 5.41) is 28.2. The highest BCUT2D eigenvalue weighted by molar-refractivity contribution is 5.79. The van der Waals surface area contributed by atoms with Gasteiger partial charge in [-0.3, -0.25) is 4.79 Å². The van der Waals surface area contributed by atoms with Crippen LogP contribution in [0.25, 0.3) is 0 Å². The molecular weight excluding hydrogens is 198 g/mol. The number of hydrogen-bond donors (Lipinski definition) is 4. The Labute approximate surface area is 86.8 Å². The summed E-state index contributed by atoms with van der Waals surface area (Å²) >= 11 is 0. The average molecular weight is 211 g/mol. The van der Waals surface area contributed by atoms with Gasteiger partial charge < -0.3 is 21.1 Å². The number of phenolic OH excluding ortho intramolecular Hbond substituents is 1. The third-order valence-corrected chi connectivity index (χ3v) is 2.26. The van der Waals surface area contributed by atoms with Gasteiger partial charge in [-0.05, 0) is 24.1 Å². The van der Waals surface area contributed by atoms with Crippen molar-refractivity contribution in [2.75, 3.05) is 0 Å². The Morgan fingerprint density at radius 1 is 1.40 bits per heavy atom. The fraction of sp³-hybridized carbons (Fsp3) is 0.300. The van der Waals surface area contributed by atoms with E-state index in [9.17, 15) is 20.1 Å². The van der Waals surface area contributed by atoms with Crippen LogP contribution < -0.4 is 5.73 Å². The maximum atomic E-state index is 10.7. The van der Waals surface area contributed by atoms with Gasteiger partial charge in [-0.1, -0.05) is 12.1 Å². The quantitative estimate of drug-likeness (QED) is 0.545. The van der Waals surface area contributed by atoms with Gasteiger partial charge in [0.1, 0.15) is 11.9 Å². The molecule has 0 aliphatic carbocycles. The third kappa shape index (κ3) is 2.26. The van der Waals surface area contributed by atoms with Crippen LogP contribution in [0.5, 0.6) is 5.75 Å². The molecule has 0 aliphatic rings. The summed E-state index contributed by atoms with van der Waals surface area (Å²) in [6, 6.07) is 4.46. The first-order valence-electron chi connectivity index (χ1n) is 4.39. The SMILES string of the molecule is Cc1c(O)cccc1C(O)C(O)C(N)=O. The molecule has 0 bridgehead atoms. The van der Waals surface area contributed by atoms with E-state index in [0.717, 1.165) is 0 Å². The molecule has 0 radical (unpaired) electrons. The summed E-state index contributed by atoms with van der Waals surface area (Å²) in [6.07, 6.45) is -3.10. The van der Waals surface area contributed by atoms with E-state index in [1.807, 2.05) is 0 Å². The zero-order chi connectivity index (χ0) is 11.6. The average Bonchev–Trinajstić information content (AvgIpc) is 2.20. The van der Waals surface area contributed by atoms with Crippen molar-refractivity contribution in [2.24, 2.45) is 5.73 Å². The van der Waals surface area contributed by atoms with E-state index in [2.05, 4.69) is 0 Å². The highest BCUT2D eigenvalue weighted by Crippen LogP contribution is 2.26. The molecule has 2 atom stereocenters. The molecule has 82 valence electrons. The van der Waals surface area contributed by atoms with E-state index in [4.69, 9.17) is 5.73 Å². The van der Waals surface area contributed by atoms with Crippen molar-refractivity contribution in [1.82, 2.24) is 0 Å². The number of benzene rings is 1. The minimum Gasteiger partial charge on any atom is -0.508 e. The van der Waals surface area contributed by atoms with Crippen LogP contribution in [0.1, 0.15) is 17.2 Å². The molecule has 1 aromatic carbocycles. The van der Waals surface area contributed by atoms with Crippen molar-refractivity contribution in [2.45, 2.75) is 19.1 Å². The maximum Gasteiger partial charge on any atom is 0.249 e. The monoisotopic (exact) mass is 211 g/mol. The van der Waals surface area contributed by atoms with Gasteiger partial charge in [-0.2, -0.15) is 0 Å². The van der Waals surface area contributed by atoms with Crippen molar-refractivity contribution in [3.05, 3.63) is 29.3 Å². The Morgan fingerprint density at radius 3 is 2.53 bits per heavy atom. The van der Waals surface area contributed by atoms with Crippen molar-refractivity contribution in [1.29, 1.82) is 0 Å². The molecule has 0 spiro atoms. The molecule has 0 fully saturated rings. The Hall–Kier alpha value is -1.59. The largest absolute Gasteiger partial charge is 0.508 e. The molecule has 1 aromatic rings. The number of rotatable bonds is 3. The van der Waals surface area contributed by atoms with Gasteiger partial charge in [0.2, 0.25) is 5.91 Å². The number of aromatic hydroxyl groups is 1. The van der Waals surface area contributed by atoms with E-state index < -0.39 is 18.1 Å². The standard InChI is InChI=1S/C10H13NO4/c1-5-6(3-2-4-7(5)12)8(13)9(14)10(11)15/h2-4,8-9,12-14H,1H3,(H2,11,15). The highest BCUT2D eigenvalue weighted by Gasteiger charge is 2.25. The summed E-state index contributed by atoms with van der Waals surface area (Å²) in [4.78, 5) is 10.7. The fourth-order valence-electron chi connectivity index (χ4n) is 1.29. The second-order valence-electron chi connectivity index (χ2n) is 3.28. The van der Waals surface area contributed by atoms with Gasteiger partial charge >= 0.3 is 0 Å². The first-order chi connectivity index (χ1) is 6.95. The molecule has 2 unspecified atom stereocenters. The summed E-state index contributed by atoms with van der Waals surface area (Å²) < 4.78 is 0. The number of aliphatic hydroxyl groups excluding tert-OH is 2. The number of carbonyl (C=O) groups excluding carboxylic acids is 1. The molecule has 1 rings (SSSR count). The second-order valence-corrected chi connectivity index (χ2v) is 3.28. The zero-order valence-corrected chi connectivity index (χ0v) is 8.21. The number of nitrogens with two attached hydrogens (primary N) is 1. The lowest BCUT2D eigenvalue weighted by Crippen LogP contribution is -2.34. The van der Waals surface area contributed by atoms with Crippen molar-refractivity contribution in [3.63, 3.8) is 0 Å². The molecule has 0 aliphatic heterocycles. The van der Waals surface area contributed by atoms with E-state index in [-0.39, 0.29) is 11.3 Å². The van der Waals surface area contributed by atoms with Crippen LogP contribution in [-0.4, -0.2) is 27.3 Å². The molecule has 5 N–H and O–H groups in total. The molecule has 0 saturated carbocycles. The van der Waals surface area contributed by atoms with E-state index in [0.29, 0.717) is 5.56 Å². The minimum absolute atomic E-state index is 0.0109. The van der Waals surface area contributed by atoms with Gasteiger partial charge in [0.05, 0.1) is 0 Å². The smallest absolute Gasteiger partial charge is 0.249 e. The zero-order valence-electron chi connectivity index (χ0n) is 8.21. The summed E-state index contributed by atoms with van der Waals surface area (Å²) in [5.74, 6) is -1.02. The van der Waals surface area contributed by atoms with Gasteiger partial charge in [-0.15, -0.1) is 0 Å². The first-order valence-corrected chi connectivity index (χ1v) is 4.39. The lowest BCUT2D eigenvalue weighted by molar-refractivity contribution is -0.132. The van der Waals surface area contributed by atoms with Gasteiger partial charge in [0.15, 0.2) is 6.10 Å². The minimum atomic E-state index is -1.68. The predicted octanol–water partition coefficient (Wildman–Crippen LogP) is -0.420. The van der Waals surface area contributed by atoms with Crippen LogP contribution in [0, 0.1) is 6.92 Å². The molecule has 1 amide bonds. The van der Waals surface area contributed by atoms with Crippen LogP contribution in [0.2, 0.25) is 0 Å². The lowest BCUT2D eigenvalue weighted by atomic mass is 9.98. The van der Waals surface area contributed by atoms with Crippen LogP contribution in [0.15, 0.2) is 18.2 Å². The third-order valence-electron chi connectivity index (χ3n) is 2.26. The lowest BCUT2D eigenvalue weighted by Gasteiger charge is -2.17. The number of hydrogen-bond acceptors (Lipinski definition) is 4. The molecule has 5 heteroatoms. The van der Waals surface area contributed by atoms with E-state index >= 15 is 0 Å². The summed E-state index contributed by atoms with van der Waals surface area (Å²) in [6.45, 7) is 1.57. The van der Waals surface area contributed by atoms with Crippen molar-refractivity contribution >= 4 is 5.91 Å². The predicted molar refractivity (Wildman–Crippen MR) is 53.0 cm³/mol. The highest BCUT2D eigenvalue weighted by atomic mass is 16.3. The molecule has 0 saturated heterocycles. The van der Waals surface area contributed by atoms with E-state index in [1.54, 1.807) is 6.92 Å². The number of phenols is 1. The van der Waals surface area contributed by atoms with Crippen molar-refractivity contribution in [3.8, 4) is 5.75 Å². The number of carbonyl (C=O) groups is 1. The first kappa shape index (κ1) is 11.5. The van der Waals surface area contributed by atoms with Crippen LogP contribution >= 0.6 is 0 Å². The molecule has 0 heterocycles. The topological polar surface area (TPSA) is 104 Å². The fourth-order valence-corrected chi connectivity index (χ4v) is 1.29. The molecule has 5 nitrogen and oxygen atoms in total. The summed E-state index contributed by atoms with van der Waals surface area (Å²) in [7, 11) is 0. The van der Waals surface area contributed by atoms with Crippen molar-refractivity contribution < 1.29 is 20.1 Å². The Balaban J connectivity index is 3.06. The Morgan fingerprint density at radius 2 is 2.00 bits per heavy atom. The van der Waals surface area contributed by atoms with E-state index in [1.165, 1.54) is 18.2 Å². The van der Waals surface area contributed by atoms with Crippen LogP contribution in [-0.2, 0) is 4.79 Å². The number of primary amides is 1. The van der Waals surface area contributed by atoms with Gasteiger partial charge in [-0.25, -0.2) is 0 Å². The number of amides is 1. The molecule has 0 aromatic heterocycles. The van der Waals surface area contributed by atoms with Crippen LogP contribution in [0.4, 0.5) is 0 Å². The van der Waals surface area contributed by atoms with Crippen LogP contribution in [0.3, 0.4) is 0 Å². The number of aliphatic hydroxyl groups is 2. The summed E-state index contributed by atoms with van der Waals surface area (Å²) in [5.41, 5.74) is 5.54. The molecular formula is C10H13NO4. The Bertz CT molecular complexity index is 378. The van der Waals surface area contributed by atoms with Gasteiger partial charge in [0.25, 0.3) is 0 Å².